The van der Waals surface area contributed by atoms with Gasteiger partial charge in [0.05, 0.1) is 0 Å². The molecule has 174 valence electrons. The van der Waals surface area contributed by atoms with Gasteiger partial charge in [0.15, 0.2) is 5.16 Å². The predicted octanol–water partition coefficient (Wildman–Crippen LogP) is 6.17. The second-order valence-electron chi connectivity index (χ2n) is 7.42. The second kappa shape index (κ2) is 10.8. The van der Waals surface area contributed by atoms with Gasteiger partial charge in [-0.05, 0) is 55.0 Å². The zero-order valence-electron chi connectivity index (χ0n) is 18.1. The van der Waals surface area contributed by atoms with Crippen LogP contribution in [0.15, 0.2) is 82.4 Å². The van der Waals surface area contributed by atoms with E-state index in [1.807, 2.05) is 42.5 Å². The summed E-state index contributed by atoms with van der Waals surface area (Å²) in [4.78, 5) is 11.2. The summed E-state index contributed by atoms with van der Waals surface area (Å²) in [5.74, 6) is 0.801. The summed E-state index contributed by atoms with van der Waals surface area (Å²) in [5.41, 5.74) is 2.34. The number of para-hydroxylation sites is 1. The maximum atomic E-state index is 13.4. The molecule has 0 aliphatic heterocycles. The Hall–Kier alpha value is -3.24. The number of nitrogens with zero attached hydrogens (tertiary/aromatic N) is 4. The van der Waals surface area contributed by atoms with Crippen LogP contribution in [0.3, 0.4) is 0 Å². The highest BCUT2D eigenvalue weighted by Crippen LogP contribution is 2.40. The molecular formula is C24H20BrFN4O3S. The molecule has 0 bridgehead atoms. The van der Waals surface area contributed by atoms with Crippen molar-refractivity contribution in [3.63, 3.8) is 0 Å². The molecule has 0 N–H and O–H groups in total. The summed E-state index contributed by atoms with van der Waals surface area (Å²) >= 11 is 4.64. The third-order valence-electron chi connectivity index (χ3n) is 5.02. The van der Waals surface area contributed by atoms with Crippen molar-refractivity contribution in [3.05, 3.63) is 110 Å². The van der Waals surface area contributed by atoms with Crippen molar-refractivity contribution < 1.29 is 14.1 Å². The molecule has 7 nitrogen and oxygen atoms in total. The molecule has 0 spiro atoms. The number of hydrogen-bond donors (Lipinski definition) is 0. The molecule has 0 unspecified atom stereocenters. The first kappa shape index (κ1) is 23.9. The van der Waals surface area contributed by atoms with Crippen LogP contribution in [0, 0.1) is 22.9 Å². The Morgan fingerprint density at radius 1 is 1.09 bits per heavy atom. The van der Waals surface area contributed by atoms with Crippen molar-refractivity contribution in [2.75, 3.05) is 6.54 Å². The zero-order chi connectivity index (χ0) is 24.1. The van der Waals surface area contributed by atoms with Crippen molar-refractivity contribution in [2.24, 2.45) is 0 Å². The second-order valence-corrected chi connectivity index (χ2v) is 9.50. The molecule has 3 aromatic carbocycles. The van der Waals surface area contributed by atoms with Crippen molar-refractivity contribution >= 4 is 27.7 Å². The summed E-state index contributed by atoms with van der Waals surface area (Å²) in [7, 11) is 0. The van der Waals surface area contributed by atoms with Crippen molar-refractivity contribution in [1.82, 2.24) is 14.8 Å². The fraction of sp³-hybridized carbons (Fsp3) is 0.167. The number of aromatic nitrogens is 3. The molecule has 4 aromatic rings. The number of halogens is 2. The SMILES string of the molecule is Cc1nnc(S[C@@H](C[N+](=O)[O-])c2ccccc2OCc2ccc(Br)cc2)n1-c1ccc(F)cc1. The van der Waals surface area contributed by atoms with Crippen LogP contribution in [0.2, 0.25) is 0 Å². The molecule has 0 saturated heterocycles. The van der Waals surface area contributed by atoms with Crippen LogP contribution < -0.4 is 4.74 Å². The molecule has 0 aliphatic carbocycles. The van der Waals surface area contributed by atoms with E-state index >= 15 is 0 Å². The van der Waals surface area contributed by atoms with E-state index in [4.69, 9.17) is 4.74 Å². The predicted molar refractivity (Wildman–Crippen MR) is 131 cm³/mol. The standard InChI is InChI=1S/C24H20BrFN4O3S/c1-16-27-28-24(30(16)20-12-10-19(26)11-13-20)34-23(14-29(31)32)21-4-2-3-5-22(21)33-15-17-6-8-18(25)9-7-17/h2-13,23H,14-15H2,1H3/t23-/m0/s1. The zero-order valence-corrected chi connectivity index (χ0v) is 20.5. The van der Waals surface area contributed by atoms with E-state index in [0.29, 0.717) is 34.6 Å². The van der Waals surface area contributed by atoms with Gasteiger partial charge in [0.2, 0.25) is 6.54 Å². The topological polar surface area (TPSA) is 83.1 Å². The van der Waals surface area contributed by atoms with Gasteiger partial charge in [-0.2, -0.15) is 0 Å². The van der Waals surface area contributed by atoms with Gasteiger partial charge in [-0.1, -0.05) is 58.0 Å². The molecule has 0 aliphatic rings. The molecule has 1 aromatic heterocycles. The normalized spacial score (nSPS) is 11.9. The van der Waals surface area contributed by atoms with Crippen molar-refractivity contribution in [1.29, 1.82) is 0 Å². The lowest BCUT2D eigenvalue weighted by Gasteiger charge is -2.18. The Labute approximate surface area is 208 Å². The van der Waals surface area contributed by atoms with E-state index in [-0.39, 0.29) is 17.3 Å². The third kappa shape index (κ3) is 5.81. The van der Waals surface area contributed by atoms with Gasteiger partial charge in [0, 0.05) is 20.6 Å². The number of thioether (sulfide) groups is 1. The fourth-order valence-electron chi connectivity index (χ4n) is 3.39. The maximum Gasteiger partial charge on any atom is 0.220 e. The average Bonchev–Trinajstić information content (AvgIpc) is 3.18. The fourth-order valence-corrected chi connectivity index (χ4v) is 4.86. The minimum absolute atomic E-state index is 0.324. The van der Waals surface area contributed by atoms with Crippen LogP contribution in [0.25, 0.3) is 5.69 Å². The molecule has 0 fully saturated rings. The van der Waals surface area contributed by atoms with Crippen molar-refractivity contribution in [2.45, 2.75) is 23.9 Å². The molecule has 34 heavy (non-hydrogen) atoms. The largest absolute Gasteiger partial charge is 0.489 e. The molecule has 10 heteroatoms. The summed E-state index contributed by atoms with van der Waals surface area (Å²) in [6.07, 6.45) is 0. The maximum absolute atomic E-state index is 13.4. The molecular weight excluding hydrogens is 523 g/mol. The molecule has 1 atom stereocenters. The minimum atomic E-state index is -0.584. The number of nitro groups is 1. The molecule has 0 radical (unpaired) electrons. The number of hydrogen-bond acceptors (Lipinski definition) is 6. The van der Waals surface area contributed by atoms with Gasteiger partial charge >= 0.3 is 0 Å². The first-order valence-electron chi connectivity index (χ1n) is 10.3. The van der Waals surface area contributed by atoms with Gasteiger partial charge in [-0.15, -0.1) is 10.2 Å². The summed E-state index contributed by atoms with van der Waals surface area (Å²) in [6.45, 7) is 1.77. The Morgan fingerprint density at radius 2 is 1.79 bits per heavy atom. The Balaban J connectivity index is 1.63. The highest BCUT2D eigenvalue weighted by molar-refractivity contribution is 9.10. The van der Waals surface area contributed by atoms with Crippen LogP contribution in [-0.2, 0) is 6.61 Å². The quantitative estimate of drug-likeness (QED) is 0.143. The molecule has 1 heterocycles. The minimum Gasteiger partial charge on any atom is -0.489 e. The highest BCUT2D eigenvalue weighted by Gasteiger charge is 2.26. The van der Waals surface area contributed by atoms with Crippen molar-refractivity contribution in [3.8, 4) is 11.4 Å². The Bertz CT molecular complexity index is 1280. The van der Waals surface area contributed by atoms with E-state index in [1.54, 1.807) is 29.7 Å². The van der Waals surface area contributed by atoms with Gasteiger partial charge in [0.1, 0.15) is 29.2 Å². The van der Waals surface area contributed by atoms with Crippen LogP contribution in [0.4, 0.5) is 4.39 Å². The Kier molecular flexibility index (Phi) is 7.59. The first-order chi connectivity index (χ1) is 16.4. The number of ether oxygens (including phenoxy) is 1. The summed E-state index contributed by atoms with van der Waals surface area (Å²) in [6, 6.07) is 21.0. The Morgan fingerprint density at radius 3 is 2.50 bits per heavy atom. The van der Waals surface area contributed by atoms with Gasteiger partial charge < -0.3 is 4.74 Å². The number of aryl methyl sites for hydroxylation is 1. The van der Waals surface area contributed by atoms with E-state index in [0.717, 1.165) is 10.0 Å². The van der Waals surface area contributed by atoms with Gasteiger partial charge in [-0.3, -0.25) is 14.7 Å². The van der Waals surface area contributed by atoms with E-state index in [1.165, 1.54) is 23.9 Å². The summed E-state index contributed by atoms with van der Waals surface area (Å²) < 4.78 is 22.2. The first-order valence-corrected chi connectivity index (χ1v) is 12.0. The lowest BCUT2D eigenvalue weighted by molar-refractivity contribution is -0.479. The molecule has 4 rings (SSSR count). The summed E-state index contributed by atoms with van der Waals surface area (Å²) in [5, 5.41) is 19.8. The lowest BCUT2D eigenvalue weighted by Crippen LogP contribution is -2.12. The van der Waals surface area contributed by atoms with E-state index in [9.17, 15) is 14.5 Å². The van der Waals surface area contributed by atoms with Crippen LogP contribution in [-0.4, -0.2) is 26.2 Å². The lowest BCUT2D eigenvalue weighted by atomic mass is 10.1. The molecule has 0 amide bonds. The highest BCUT2D eigenvalue weighted by atomic mass is 79.9. The number of rotatable bonds is 9. The number of benzene rings is 3. The van der Waals surface area contributed by atoms with E-state index in [2.05, 4.69) is 26.1 Å². The smallest absolute Gasteiger partial charge is 0.220 e. The van der Waals surface area contributed by atoms with Crippen LogP contribution in [0.1, 0.15) is 22.2 Å². The third-order valence-corrected chi connectivity index (χ3v) is 6.71. The van der Waals surface area contributed by atoms with Crippen LogP contribution >= 0.6 is 27.7 Å². The van der Waals surface area contributed by atoms with Gasteiger partial charge in [0.25, 0.3) is 0 Å². The average molecular weight is 543 g/mol. The molecule has 0 saturated carbocycles. The van der Waals surface area contributed by atoms with E-state index < -0.39 is 5.25 Å². The van der Waals surface area contributed by atoms with Gasteiger partial charge in [-0.25, -0.2) is 4.39 Å². The van der Waals surface area contributed by atoms with Crippen LogP contribution in [0.5, 0.6) is 5.75 Å². The monoisotopic (exact) mass is 542 g/mol.